The summed E-state index contributed by atoms with van der Waals surface area (Å²) in [7, 11) is 1.81. The second-order valence-corrected chi connectivity index (χ2v) is 6.42. The third kappa shape index (κ3) is 3.29. The van der Waals surface area contributed by atoms with Crippen LogP contribution in [0.4, 0.5) is 5.69 Å². The van der Waals surface area contributed by atoms with Gasteiger partial charge >= 0.3 is 5.97 Å². The van der Waals surface area contributed by atoms with E-state index < -0.39 is 5.97 Å². The van der Waals surface area contributed by atoms with Gasteiger partial charge in [-0.25, -0.2) is 4.79 Å². The molecule has 1 heterocycles. The molecule has 0 bridgehead atoms. The monoisotopic (exact) mass is 415 g/mol. The molecular weight excluding hydrogens is 402 g/mol. The fourth-order valence-electron chi connectivity index (χ4n) is 1.96. The lowest BCUT2D eigenvalue weighted by Crippen LogP contribution is -2.10. The van der Waals surface area contributed by atoms with Crippen LogP contribution < -0.4 is 5.73 Å². The summed E-state index contributed by atoms with van der Waals surface area (Å²) in [5.74, 6) is -0.411. The fraction of sp³-hybridized carbons (Fsp3) is 0.286. The van der Waals surface area contributed by atoms with E-state index in [0.29, 0.717) is 16.8 Å². The van der Waals surface area contributed by atoms with Crippen molar-refractivity contribution >= 4 is 43.5 Å². The van der Waals surface area contributed by atoms with Gasteiger partial charge in [-0.15, -0.1) is 0 Å². The molecule has 1 aromatic carbocycles. The molecule has 0 saturated carbocycles. The lowest BCUT2D eigenvalue weighted by Gasteiger charge is -2.10. The molecule has 0 fully saturated rings. The third-order valence-electron chi connectivity index (χ3n) is 3.23. The molecule has 0 amide bonds. The van der Waals surface area contributed by atoms with E-state index in [4.69, 9.17) is 10.5 Å². The van der Waals surface area contributed by atoms with Crippen molar-refractivity contribution in [1.29, 1.82) is 0 Å². The molecule has 0 aliphatic rings. The minimum absolute atomic E-state index is 0.141. The number of hydrogen-bond acceptors (Lipinski definition) is 4. The Morgan fingerprint density at radius 1 is 1.38 bits per heavy atom. The quantitative estimate of drug-likeness (QED) is 0.614. The van der Waals surface area contributed by atoms with Gasteiger partial charge in [-0.1, -0.05) is 15.9 Å². The summed E-state index contributed by atoms with van der Waals surface area (Å²) >= 11 is 6.77. The van der Waals surface area contributed by atoms with Crippen molar-refractivity contribution in [3.63, 3.8) is 0 Å². The highest BCUT2D eigenvalue weighted by Crippen LogP contribution is 2.25. The predicted octanol–water partition coefficient (Wildman–Crippen LogP) is 3.50. The van der Waals surface area contributed by atoms with Crippen molar-refractivity contribution in [2.75, 3.05) is 5.73 Å². The van der Waals surface area contributed by atoms with Gasteiger partial charge in [0.2, 0.25) is 0 Å². The van der Waals surface area contributed by atoms with E-state index in [9.17, 15) is 4.79 Å². The van der Waals surface area contributed by atoms with E-state index in [-0.39, 0.29) is 6.61 Å². The van der Waals surface area contributed by atoms with Gasteiger partial charge in [-0.2, -0.15) is 5.10 Å². The van der Waals surface area contributed by atoms with Crippen molar-refractivity contribution in [2.45, 2.75) is 20.5 Å². The largest absolute Gasteiger partial charge is 0.456 e. The predicted molar refractivity (Wildman–Crippen MR) is 88.1 cm³/mol. The first-order valence-electron chi connectivity index (χ1n) is 6.22. The van der Waals surface area contributed by atoms with Crippen LogP contribution in [0.5, 0.6) is 0 Å². The van der Waals surface area contributed by atoms with Crippen molar-refractivity contribution in [3.05, 3.63) is 43.6 Å². The molecule has 0 spiro atoms. The van der Waals surface area contributed by atoms with Crippen molar-refractivity contribution in [1.82, 2.24) is 9.78 Å². The molecule has 2 aromatic rings. The summed E-state index contributed by atoms with van der Waals surface area (Å²) in [5, 5.41) is 4.26. The highest BCUT2D eigenvalue weighted by atomic mass is 79.9. The van der Waals surface area contributed by atoms with E-state index in [0.717, 1.165) is 20.3 Å². The minimum Gasteiger partial charge on any atom is -0.456 e. The van der Waals surface area contributed by atoms with E-state index in [2.05, 4.69) is 37.0 Å². The smallest absolute Gasteiger partial charge is 0.338 e. The minimum atomic E-state index is -0.411. The summed E-state index contributed by atoms with van der Waals surface area (Å²) in [4.78, 5) is 12.2. The molecule has 2 rings (SSSR count). The van der Waals surface area contributed by atoms with Gasteiger partial charge in [0.25, 0.3) is 0 Å². The van der Waals surface area contributed by atoms with Gasteiger partial charge in [-0.3, -0.25) is 4.68 Å². The lowest BCUT2D eigenvalue weighted by molar-refractivity contribution is 0.0462. The highest BCUT2D eigenvalue weighted by Gasteiger charge is 2.17. The van der Waals surface area contributed by atoms with Crippen molar-refractivity contribution in [3.8, 4) is 0 Å². The van der Waals surface area contributed by atoms with Gasteiger partial charge in [0.1, 0.15) is 6.61 Å². The summed E-state index contributed by atoms with van der Waals surface area (Å²) in [6, 6.07) is 3.46. The number of halogens is 2. The van der Waals surface area contributed by atoms with E-state index in [1.807, 2.05) is 14.0 Å². The Morgan fingerprint density at radius 3 is 2.62 bits per heavy atom. The number of carbonyl (C=O) groups is 1. The Morgan fingerprint density at radius 2 is 2.05 bits per heavy atom. The molecule has 112 valence electrons. The van der Waals surface area contributed by atoms with Gasteiger partial charge in [0.05, 0.1) is 21.4 Å². The number of aryl methyl sites for hydroxylation is 2. The molecule has 0 radical (unpaired) electrons. The normalized spacial score (nSPS) is 10.7. The Hall–Kier alpha value is -1.34. The fourth-order valence-corrected chi connectivity index (χ4v) is 2.89. The molecule has 21 heavy (non-hydrogen) atoms. The summed E-state index contributed by atoms with van der Waals surface area (Å²) < 4.78 is 8.66. The number of hydrogen-bond donors (Lipinski definition) is 1. The maximum Gasteiger partial charge on any atom is 0.338 e. The Bertz CT molecular complexity index is 711. The maximum atomic E-state index is 12.2. The van der Waals surface area contributed by atoms with E-state index >= 15 is 0 Å². The molecule has 1 aromatic heterocycles. The summed E-state index contributed by atoms with van der Waals surface area (Å²) in [6.45, 7) is 3.82. The van der Waals surface area contributed by atoms with Crippen LogP contribution in [0, 0.1) is 13.8 Å². The van der Waals surface area contributed by atoms with Gasteiger partial charge in [0.15, 0.2) is 0 Å². The number of ether oxygens (including phenoxy) is 1. The number of rotatable bonds is 3. The number of esters is 1. The number of carbonyl (C=O) groups excluding carboxylic acids is 1. The third-order valence-corrected chi connectivity index (χ3v) is 4.72. The van der Waals surface area contributed by atoms with Crippen LogP contribution in [0.3, 0.4) is 0 Å². The topological polar surface area (TPSA) is 70.1 Å². The molecule has 0 atom stereocenters. The molecule has 0 unspecified atom stereocenters. The number of nitrogen functional groups attached to an aromatic ring is 1. The van der Waals surface area contributed by atoms with Crippen molar-refractivity contribution < 1.29 is 9.53 Å². The van der Waals surface area contributed by atoms with Crippen LogP contribution in [0.25, 0.3) is 0 Å². The number of aromatic nitrogens is 2. The number of nitrogens with two attached hydrogens (primary N) is 1. The highest BCUT2D eigenvalue weighted by molar-refractivity contribution is 9.10. The van der Waals surface area contributed by atoms with Crippen LogP contribution in [0.2, 0.25) is 0 Å². The van der Waals surface area contributed by atoms with Crippen LogP contribution >= 0.6 is 31.9 Å². The van der Waals surface area contributed by atoms with Crippen molar-refractivity contribution in [2.24, 2.45) is 7.05 Å². The molecule has 0 aliphatic carbocycles. The Balaban J connectivity index is 2.19. The molecular formula is C14H15Br2N3O2. The average molecular weight is 417 g/mol. The molecule has 0 saturated heterocycles. The Kier molecular flexibility index (Phi) is 4.73. The zero-order chi connectivity index (χ0) is 15.7. The first-order chi connectivity index (χ1) is 9.81. The average Bonchev–Trinajstić information content (AvgIpc) is 2.65. The Labute approximate surface area is 139 Å². The standard InChI is InChI=1S/C14H15Br2N3O2/c1-7-10(4-9(15)5-11(7)17)14(20)21-6-12-13(16)8(2)18-19(12)3/h4-5H,6,17H2,1-3H3. The summed E-state index contributed by atoms with van der Waals surface area (Å²) in [6.07, 6.45) is 0. The number of nitrogens with zero attached hydrogens (tertiary/aromatic N) is 2. The van der Waals surface area contributed by atoms with E-state index in [1.165, 1.54) is 0 Å². The van der Waals surface area contributed by atoms with Crippen LogP contribution in [-0.4, -0.2) is 15.7 Å². The van der Waals surface area contributed by atoms with Crippen LogP contribution in [0.1, 0.15) is 27.3 Å². The second kappa shape index (κ2) is 6.19. The second-order valence-electron chi connectivity index (χ2n) is 4.71. The molecule has 2 N–H and O–H groups in total. The first-order valence-corrected chi connectivity index (χ1v) is 7.80. The summed E-state index contributed by atoms with van der Waals surface area (Å²) in [5.41, 5.74) is 9.24. The number of benzene rings is 1. The molecule has 7 heteroatoms. The van der Waals surface area contributed by atoms with Crippen LogP contribution in [-0.2, 0) is 18.4 Å². The van der Waals surface area contributed by atoms with Gasteiger partial charge in [0, 0.05) is 17.2 Å². The van der Waals surface area contributed by atoms with Crippen LogP contribution in [0.15, 0.2) is 21.1 Å². The van der Waals surface area contributed by atoms with Gasteiger partial charge < -0.3 is 10.5 Å². The maximum absolute atomic E-state index is 12.2. The first kappa shape index (κ1) is 16.0. The zero-order valence-corrected chi connectivity index (χ0v) is 15.1. The van der Waals surface area contributed by atoms with E-state index in [1.54, 1.807) is 23.7 Å². The number of anilines is 1. The zero-order valence-electron chi connectivity index (χ0n) is 11.9. The lowest BCUT2D eigenvalue weighted by atomic mass is 10.1. The molecule has 5 nitrogen and oxygen atoms in total. The van der Waals surface area contributed by atoms with Gasteiger partial charge in [-0.05, 0) is 47.5 Å². The molecule has 0 aliphatic heterocycles. The SMILES string of the molecule is Cc1nn(C)c(COC(=O)c2cc(Br)cc(N)c2C)c1Br.